The number of primary amides is 1. The summed E-state index contributed by atoms with van der Waals surface area (Å²) in [6, 6.07) is 4.09. The molecule has 4 heterocycles. The first kappa shape index (κ1) is 50.0. The summed E-state index contributed by atoms with van der Waals surface area (Å²) >= 11 is 0. The summed E-state index contributed by atoms with van der Waals surface area (Å²) in [5.41, 5.74) is 6.34. The van der Waals surface area contributed by atoms with Crippen LogP contribution in [0.4, 0.5) is 0 Å². The molecule has 1 saturated carbocycles. The SMILES string of the molecule is CC(=O)NC[C@H](Cc1ccc(O)cc1)C(=O)NC1CCCC1C(=O)NC1CNCC1C(=O)NC1CNCC1C(=O)NC[C@H](CC(C)C)C(=O)NC1CNCC1C(=O)NC1CNCC1C(N)=O. The van der Waals surface area contributed by atoms with Crippen LogP contribution >= 0.6 is 0 Å². The summed E-state index contributed by atoms with van der Waals surface area (Å²) in [6.45, 7) is 8.40. The van der Waals surface area contributed by atoms with Crippen LogP contribution in [0.2, 0.25) is 0 Å². The zero-order valence-electron chi connectivity index (χ0n) is 38.2. The minimum atomic E-state index is -0.619. The summed E-state index contributed by atoms with van der Waals surface area (Å²) in [5, 5.41) is 43.2. The second-order valence-electron chi connectivity index (χ2n) is 19.2. The first-order valence-electron chi connectivity index (χ1n) is 23.5. The Morgan fingerprint density at radius 1 is 0.576 bits per heavy atom. The van der Waals surface area contributed by atoms with E-state index < -0.39 is 77.5 Å². The molecule has 66 heavy (non-hydrogen) atoms. The van der Waals surface area contributed by atoms with Crippen LogP contribution in [0.1, 0.15) is 52.0 Å². The highest BCUT2D eigenvalue weighted by Gasteiger charge is 2.43. The lowest BCUT2D eigenvalue weighted by Crippen LogP contribution is -2.54. The largest absolute Gasteiger partial charge is 0.508 e. The molecule has 1 aromatic carbocycles. The van der Waals surface area contributed by atoms with Crippen LogP contribution in [-0.2, 0) is 44.8 Å². The molecule has 14 N–H and O–H groups in total. The van der Waals surface area contributed by atoms with Gasteiger partial charge in [-0.1, -0.05) is 32.4 Å². The highest BCUT2D eigenvalue weighted by atomic mass is 16.3. The number of amides is 8. The normalized spacial score (nSPS) is 29.1. The molecule has 1 aromatic rings. The van der Waals surface area contributed by atoms with Crippen LogP contribution < -0.4 is 64.2 Å². The minimum Gasteiger partial charge on any atom is -0.508 e. The van der Waals surface area contributed by atoms with E-state index in [2.05, 4.69) is 58.5 Å². The average Bonchev–Trinajstić information content (AvgIpc) is 4.13. The molecule has 5 fully saturated rings. The Bertz CT molecular complexity index is 1920. The van der Waals surface area contributed by atoms with E-state index >= 15 is 0 Å². The van der Waals surface area contributed by atoms with Crippen molar-refractivity contribution >= 4 is 47.3 Å². The monoisotopic (exact) mass is 923 g/mol. The Kier molecular flexibility index (Phi) is 17.7. The Labute approximate surface area is 385 Å². The van der Waals surface area contributed by atoms with Crippen molar-refractivity contribution in [1.82, 2.24) is 58.5 Å². The van der Waals surface area contributed by atoms with Crippen molar-refractivity contribution in [2.24, 2.45) is 53.1 Å². The molecule has 0 aromatic heterocycles. The zero-order valence-corrected chi connectivity index (χ0v) is 38.2. The number of carbonyl (C=O) groups excluding carboxylic acids is 8. The van der Waals surface area contributed by atoms with Gasteiger partial charge < -0.3 is 69.3 Å². The maximum absolute atomic E-state index is 13.8. The van der Waals surface area contributed by atoms with E-state index in [1.165, 1.54) is 19.1 Å². The van der Waals surface area contributed by atoms with E-state index in [1.807, 2.05) is 13.8 Å². The third-order valence-electron chi connectivity index (χ3n) is 13.8. The summed E-state index contributed by atoms with van der Waals surface area (Å²) in [5.74, 6) is -6.29. The number of benzene rings is 1. The quantitative estimate of drug-likeness (QED) is 0.0595. The summed E-state index contributed by atoms with van der Waals surface area (Å²) in [4.78, 5) is 106. The number of phenolic OH excluding ortho intramolecular Hbond substituents is 1. The number of aromatic hydroxyl groups is 1. The van der Waals surface area contributed by atoms with Crippen molar-refractivity contribution in [1.29, 1.82) is 0 Å². The molecular formula is C45H70N12O9. The van der Waals surface area contributed by atoms with Crippen LogP contribution in [0.5, 0.6) is 5.75 Å². The van der Waals surface area contributed by atoms with Gasteiger partial charge in [-0.2, -0.15) is 0 Å². The molecule has 12 atom stereocenters. The molecule has 0 bridgehead atoms. The van der Waals surface area contributed by atoms with Crippen LogP contribution in [0.3, 0.4) is 0 Å². The number of hydrogen-bond acceptors (Lipinski definition) is 13. The number of phenols is 1. The summed E-state index contributed by atoms with van der Waals surface area (Å²) in [6.07, 6.45) is 2.68. The van der Waals surface area contributed by atoms with Crippen molar-refractivity contribution in [3.63, 3.8) is 0 Å². The molecule has 21 nitrogen and oxygen atoms in total. The molecule has 4 aliphatic heterocycles. The van der Waals surface area contributed by atoms with E-state index in [9.17, 15) is 43.5 Å². The lowest BCUT2D eigenvalue weighted by molar-refractivity contribution is -0.131. The molecule has 5 aliphatic rings. The first-order chi connectivity index (χ1) is 31.6. The Balaban J connectivity index is 0.987. The minimum absolute atomic E-state index is 0.0582. The van der Waals surface area contributed by atoms with Crippen molar-refractivity contribution < 1.29 is 43.5 Å². The van der Waals surface area contributed by atoms with Gasteiger partial charge in [0.2, 0.25) is 47.3 Å². The Morgan fingerprint density at radius 2 is 1.03 bits per heavy atom. The van der Waals surface area contributed by atoms with Gasteiger partial charge in [-0.3, -0.25) is 38.4 Å². The van der Waals surface area contributed by atoms with Gasteiger partial charge in [0.25, 0.3) is 0 Å². The fourth-order valence-electron chi connectivity index (χ4n) is 10.0. The van der Waals surface area contributed by atoms with Gasteiger partial charge in [0, 0.05) is 78.4 Å². The fourth-order valence-corrected chi connectivity index (χ4v) is 10.0. The molecule has 364 valence electrons. The zero-order chi connectivity index (χ0) is 47.5. The molecule has 8 amide bonds. The third kappa shape index (κ3) is 13.4. The predicted molar refractivity (Wildman–Crippen MR) is 242 cm³/mol. The topological polar surface area (TPSA) is 315 Å². The standard InChI is InChI=1S/C45H70N12O9/c1-23(2)11-26(40(61)54-37-21-49-17-32(37)44(65)55-35-19-47-15-30(35)39(46)60)14-52-42(63)31-16-48-20-36(31)57-45(66)33-18-50-22-38(33)56-43(64)29-5-4-6-34(29)53-41(62)27(13-51-24(3)58)12-25-7-9-28(59)10-8-25/h7-10,23,26-27,29-38,47-50,59H,4-6,11-22H2,1-3H3,(H2,46,60)(H,51,58)(H,52,63)(H,53,62)(H,54,61)(H,55,65)(H,56,64)(H,57,66)/t26-,27-,29?,30?,31?,32?,33?,34?,35?,36?,37?,38?/m0/s1. The van der Waals surface area contributed by atoms with Gasteiger partial charge in [0.1, 0.15) is 5.75 Å². The maximum Gasteiger partial charge on any atom is 0.226 e. The molecule has 0 radical (unpaired) electrons. The second kappa shape index (κ2) is 23.4. The van der Waals surface area contributed by atoms with Crippen molar-refractivity contribution in [2.45, 2.75) is 83.1 Å². The molecular weight excluding hydrogens is 853 g/mol. The summed E-state index contributed by atoms with van der Waals surface area (Å²) in [7, 11) is 0. The Morgan fingerprint density at radius 3 is 1.56 bits per heavy atom. The lowest BCUT2D eigenvalue weighted by Gasteiger charge is -2.28. The van der Waals surface area contributed by atoms with E-state index in [0.29, 0.717) is 78.0 Å². The number of nitrogens with one attached hydrogen (secondary N) is 11. The van der Waals surface area contributed by atoms with Crippen molar-refractivity contribution in [3.05, 3.63) is 29.8 Å². The number of nitrogens with two attached hydrogens (primary N) is 1. The first-order valence-corrected chi connectivity index (χ1v) is 23.5. The number of rotatable bonds is 20. The van der Waals surface area contributed by atoms with Crippen molar-refractivity contribution in [3.8, 4) is 5.75 Å². The van der Waals surface area contributed by atoms with E-state index in [1.54, 1.807) is 12.1 Å². The number of carbonyl (C=O) groups is 8. The molecule has 21 heteroatoms. The molecule has 0 spiro atoms. The van der Waals surface area contributed by atoms with Gasteiger partial charge >= 0.3 is 0 Å². The van der Waals surface area contributed by atoms with E-state index in [-0.39, 0.29) is 66.1 Å². The van der Waals surface area contributed by atoms with Gasteiger partial charge in [-0.25, -0.2) is 0 Å². The number of hydrogen-bond donors (Lipinski definition) is 13. The molecule has 4 saturated heterocycles. The van der Waals surface area contributed by atoms with E-state index in [0.717, 1.165) is 12.0 Å². The maximum atomic E-state index is 13.8. The van der Waals surface area contributed by atoms with Crippen LogP contribution in [-0.4, -0.2) is 148 Å². The highest BCUT2D eigenvalue weighted by Crippen LogP contribution is 2.28. The van der Waals surface area contributed by atoms with Gasteiger partial charge in [0.15, 0.2) is 0 Å². The summed E-state index contributed by atoms with van der Waals surface area (Å²) < 4.78 is 0. The van der Waals surface area contributed by atoms with Crippen LogP contribution in [0.25, 0.3) is 0 Å². The van der Waals surface area contributed by atoms with Gasteiger partial charge in [-0.05, 0) is 49.3 Å². The smallest absolute Gasteiger partial charge is 0.226 e. The van der Waals surface area contributed by atoms with E-state index in [4.69, 9.17) is 5.73 Å². The average molecular weight is 923 g/mol. The van der Waals surface area contributed by atoms with Gasteiger partial charge in [0.05, 0.1) is 65.6 Å². The van der Waals surface area contributed by atoms with Gasteiger partial charge in [-0.15, -0.1) is 0 Å². The second-order valence-corrected chi connectivity index (χ2v) is 19.2. The molecule has 1 aliphatic carbocycles. The Hall–Kier alpha value is -5.38. The lowest BCUT2D eigenvalue weighted by atomic mass is 9.93. The third-order valence-corrected chi connectivity index (χ3v) is 13.8. The molecule has 6 rings (SSSR count). The highest BCUT2D eigenvalue weighted by molar-refractivity contribution is 5.88. The van der Waals surface area contributed by atoms with Crippen LogP contribution in [0.15, 0.2) is 24.3 Å². The molecule has 10 unspecified atom stereocenters. The van der Waals surface area contributed by atoms with Crippen LogP contribution in [0, 0.1) is 47.3 Å². The van der Waals surface area contributed by atoms with Crippen molar-refractivity contribution in [2.75, 3.05) is 65.4 Å². The fraction of sp³-hybridized carbons (Fsp3) is 0.689. The predicted octanol–water partition coefficient (Wildman–Crippen LogP) is -3.95.